The number of halogens is 3. The summed E-state index contributed by atoms with van der Waals surface area (Å²) in [4.78, 5) is 14.1. The highest BCUT2D eigenvalue weighted by molar-refractivity contribution is 9.08. The SMILES string of the molecule is O=Cc1c(CBr)cncc1C(F)F. The Labute approximate surface area is 82.1 Å². The lowest BCUT2D eigenvalue weighted by atomic mass is 10.1. The molecular weight excluding hydrogens is 244 g/mol. The molecule has 0 unspecified atom stereocenters. The molecule has 0 spiro atoms. The van der Waals surface area contributed by atoms with Crippen molar-refractivity contribution in [2.24, 2.45) is 0 Å². The molecule has 0 radical (unpaired) electrons. The van der Waals surface area contributed by atoms with Gasteiger partial charge in [0.25, 0.3) is 6.43 Å². The lowest BCUT2D eigenvalue weighted by molar-refractivity contribution is 0.110. The van der Waals surface area contributed by atoms with Crippen LogP contribution < -0.4 is 0 Å². The van der Waals surface area contributed by atoms with E-state index in [1.807, 2.05) is 0 Å². The third-order valence-corrected chi connectivity index (χ3v) is 2.20. The number of nitrogens with zero attached hydrogens (tertiary/aromatic N) is 1. The first-order chi connectivity index (χ1) is 6.20. The molecule has 0 atom stereocenters. The second-order valence-corrected chi connectivity index (χ2v) is 2.91. The van der Waals surface area contributed by atoms with Crippen LogP contribution in [0.1, 0.15) is 27.9 Å². The third-order valence-electron chi connectivity index (χ3n) is 1.60. The maximum absolute atomic E-state index is 12.3. The number of pyridine rings is 1. The van der Waals surface area contributed by atoms with Gasteiger partial charge >= 0.3 is 0 Å². The molecule has 0 aromatic carbocycles. The first-order valence-electron chi connectivity index (χ1n) is 3.46. The first kappa shape index (κ1) is 10.2. The van der Waals surface area contributed by atoms with Gasteiger partial charge < -0.3 is 0 Å². The molecule has 0 aliphatic rings. The summed E-state index contributed by atoms with van der Waals surface area (Å²) in [5.41, 5.74) is 0.196. The minimum absolute atomic E-state index is 0.0295. The van der Waals surface area contributed by atoms with Crippen molar-refractivity contribution < 1.29 is 13.6 Å². The van der Waals surface area contributed by atoms with Crippen molar-refractivity contribution in [3.8, 4) is 0 Å². The molecule has 1 aromatic heterocycles. The fourth-order valence-corrected chi connectivity index (χ4v) is 1.40. The van der Waals surface area contributed by atoms with Crippen LogP contribution in [-0.4, -0.2) is 11.3 Å². The van der Waals surface area contributed by atoms with Crippen molar-refractivity contribution in [3.05, 3.63) is 29.1 Å². The van der Waals surface area contributed by atoms with E-state index in [1.165, 1.54) is 6.20 Å². The molecule has 1 rings (SSSR count). The Kier molecular flexibility index (Phi) is 3.48. The predicted octanol–water partition coefficient (Wildman–Crippen LogP) is 2.73. The number of aromatic nitrogens is 1. The average molecular weight is 250 g/mol. The zero-order valence-corrected chi connectivity index (χ0v) is 8.09. The van der Waals surface area contributed by atoms with Crippen LogP contribution in [0.4, 0.5) is 8.78 Å². The molecule has 0 aliphatic carbocycles. The smallest absolute Gasteiger partial charge is 0.266 e. The zero-order valence-electron chi connectivity index (χ0n) is 6.51. The lowest BCUT2D eigenvalue weighted by Crippen LogP contribution is -1.99. The van der Waals surface area contributed by atoms with Crippen LogP contribution in [-0.2, 0) is 5.33 Å². The molecule has 70 valence electrons. The number of hydrogen-bond donors (Lipinski definition) is 0. The summed E-state index contributed by atoms with van der Waals surface area (Å²) in [5, 5.41) is 0.342. The van der Waals surface area contributed by atoms with Crippen molar-refractivity contribution in [1.29, 1.82) is 0 Å². The van der Waals surface area contributed by atoms with Crippen molar-refractivity contribution in [2.45, 2.75) is 11.8 Å². The standard InChI is InChI=1S/C8H6BrF2NO/c9-1-5-2-12-3-6(8(10)11)7(5)4-13/h2-4,8H,1H2. The summed E-state index contributed by atoms with van der Waals surface area (Å²) in [6, 6.07) is 0. The summed E-state index contributed by atoms with van der Waals surface area (Å²) < 4.78 is 24.6. The molecule has 1 aromatic rings. The Morgan fingerprint density at radius 2 is 2.23 bits per heavy atom. The van der Waals surface area contributed by atoms with Gasteiger partial charge in [-0.05, 0) is 5.56 Å². The van der Waals surface area contributed by atoms with Crippen LogP contribution in [0.25, 0.3) is 0 Å². The predicted molar refractivity (Wildman–Crippen MR) is 47.2 cm³/mol. The van der Waals surface area contributed by atoms with Gasteiger partial charge in [0.05, 0.1) is 0 Å². The molecule has 2 nitrogen and oxygen atoms in total. The van der Waals surface area contributed by atoms with Crippen LogP contribution in [0.3, 0.4) is 0 Å². The van der Waals surface area contributed by atoms with Gasteiger partial charge in [-0.15, -0.1) is 0 Å². The van der Waals surface area contributed by atoms with Crippen molar-refractivity contribution in [1.82, 2.24) is 4.98 Å². The van der Waals surface area contributed by atoms with Crippen LogP contribution >= 0.6 is 15.9 Å². The third kappa shape index (κ3) is 2.09. The molecule has 0 saturated heterocycles. The van der Waals surface area contributed by atoms with Crippen LogP contribution in [0.2, 0.25) is 0 Å². The van der Waals surface area contributed by atoms with Gasteiger partial charge in [0.2, 0.25) is 0 Å². The number of rotatable bonds is 3. The van der Waals surface area contributed by atoms with Gasteiger partial charge in [-0.2, -0.15) is 0 Å². The Morgan fingerprint density at radius 3 is 2.69 bits per heavy atom. The van der Waals surface area contributed by atoms with Crippen LogP contribution in [0, 0.1) is 0 Å². The molecule has 1 heterocycles. The van der Waals surface area contributed by atoms with E-state index in [4.69, 9.17) is 0 Å². The number of alkyl halides is 3. The molecule has 0 amide bonds. The summed E-state index contributed by atoms with van der Waals surface area (Å²) in [6.45, 7) is 0. The fourth-order valence-electron chi connectivity index (χ4n) is 0.956. The molecule has 0 bridgehead atoms. The maximum atomic E-state index is 12.3. The normalized spacial score (nSPS) is 10.5. The topological polar surface area (TPSA) is 30.0 Å². The van der Waals surface area contributed by atoms with E-state index in [0.29, 0.717) is 17.2 Å². The fraction of sp³-hybridized carbons (Fsp3) is 0.250. The number of carbonyl (C=O) groups excluding carboxylic acids is 1. The van der Waals surface area contributed by atoms with E-state index in [-0.39, 0.29) is 11.1 Å². The molecular formula is C8H6BrF2NO. The van der Waals surface area contributed by atoms with Crippen LogP contribution in [0.15, 0.2) is 12.4 Å². The van der Waals surface area contributed by atoms with E-state index in [9.17, 15) is 13.6 Å². The van der Waals surface area contributed by atoms with Gasteiger partial charge in [0.1, 0.15) is 0 Å². The minimum atomic E-state index is -2.66. The average Bonchev–Trinajstić information content (AvgIpc) is 2.16. The number of aldehydes is 1. The Hall–Kier alpha value is -0.840. The van der Waals surface area contributed by atoms with E-state index < -0.39 is 6.43 Å². The maximum Gasteiger partial charge on any atom is 0.266 e. The van der Waals surface area contributed by atoms with E-state index >= 15 is 0 Å². The quantitative estimate of drug-likeness (QED) is 0.609. The summed E-state index contributed by atoms with van der Waals surface area (Å²) in [5.74, 6) is 0. The van der Waals surface area contributed by atoms with E-state index in [2.05, 4.69) is 20.9 Å². The lowest BCUT2D eigenvalue weighted by Gasteiger charge is -2.05. The molecule has 0 aliphatic heterocycles. The number of hydrogen-bond acceptors (Lipinski definition) is 2. The number of carbonyl (C=O) groups is 1. The van der Waals surface area contributed by atoms with E-state index in [0.717, 1.165) is 6.20 Å². The molecule has 0 saturated carbocycles. The summed E-state index contributed by atoms with van der Waals surface area (Å²) in [6.07, 6.45) is 0.178. The van der Waals surface area contributed by atoms with Crippen molar-refractivity contribution in [2.75, 3.05) is 0 Å². The summed E-state index contributed by atoms with van der Waals surface area (Å²) in [7, 11) is 0. The van der Waals surface area contributed by atoms with Gasteiger partial charge in [0, 0.05) is 28.9 Å². The van der Waals surface area contributed by atoms with Gasteiger partial charge in [-0.3, -0.25) is 9.78 Å². The van der Waals surface area contributed by atoms with Gasteiger partial charge in [-0.25, -0.2) is 8.78 Å². The summed E-state index contributed by atoms with van der Waals surface area (Å²) >= 11 is 3.09. The van der Waals surface area contributed by atoms with E-state index in [1.54, 1.807) is 0 Å². The van der Waals surface area contributed by atoms with Crippen molar-refractivity contribution >= 4 is 22.2 Å². The second-order valence-electron chi connectivity index (χ2n) is 2.35. The minimum Gasteiger partial charge on any atom is -0.298 e. The second kappa shape index (κ2) is 4.41. The van der Waals surface area contributed by atoms with Crippen molar-refractivity contribution in [3.63, 3.8) is 0 Å². The Bertz CT molecular complexity index is 317. The highest BCUT2D eigenvalue weighted by Gasteiger charge is 2.15. The molecule has 13 heavy (non-hydrogen) atoms. The largest absolute Gasteiger partial charge is 0.298 e. The Balaban J connectivity index is 3.27. The molecule has 0 fully saturated rings. The highest BCUT2D eigenvalue weighted by Crippen LogP contribution is 2.24. The first-order valence-corrected chi connectivity index (χ1v) is 4.59. The monoisotopic (exact) mass is 249 g/mol. The highest BCUT2D eigenvalue weighted by atomic mass is 79.9. The van der Waals surface area contributed by atoms with Crippen LogP contribution in [0.5, 0.6) is 0 Å². The zero-order chi connectivity index (χ0) is 9.84. The van der Waals surface area contributed by atoms with Gasteiger partial charge in [-0.1, -0.05) is 15.9 Å². The molecule has 0 N–H and O–H groups in total. The Morgan fingerprint density at radius 1 is 1.54 bits per heavy atom. The van der Waals surface area contributed by atoms with Gasteiger partial charge in [0.15, 0.2) is 6.29 Å². The molecule has 5 heteroatoms.